The fourth-order valence-corrected chi connectivity index (χ4v) is 2.74. The Labute approximate surface area is 147 Å². The topological polar surface area (TPSA) is 76.8 Å². The second kappa shape index (κ2) is 7.90. The van der Waals surface area contributed by atoms with Crippen molar-refractivity contribution in [3.8, 4) is 17.3 Å². The molecule has 0 amide bonds. The third kappa shape index (κ3) is 4.75. The molecule has 1 aliphatic heterocycles. The van der Waals surface area contributed by atoms with E-state index in [4.69, 9.17) is 14.0 Å². The molecule has 0 N–H and O–H groups in total. The van der Waals surface area contributed by atoms with Crippen LogP contribution in [0, 0.1) is 0 Å². The van der Waals surface area contributed by atoms with Gasteiger partial charge in [0.25, 0.3) is 5.89 Å². The molecule has 3 heterocycles. The monoisotopic (exact) mass is 347 g/mol. The average Bonchev–Trinajstić information content (AvgIpc) is 3.04. The van der Waals surface area contributed by atoms with Gasteiger partial charge in [0.05, 0.1) is 6.10 Å². The number of likely N-dealkylation sites (N-methyl/N-ethyl adjacent to an activating group) is 2. The first kappa shape index (κ1) is 17.8. The SMILES string of the molecule is C[C@@H]1CN(C)C[C@H](c2nc(-c3ccnc(OCCN(C)C)c3)no2)O1. The lowest BCUT2D eigenvalue weighted by atomic mass is 10.2. The zero-order valence-electron chi connectivity index (χ0n) is 15.2. The summed E-state index contributed by atoms with van der Waals surface area (Å²) in [6.07, 6.45) is 1.62. The first-order valence-corrected chi connectivity index (χ1v) is 8.43. The van der Waals surface area contributed by atoms with Crippen molar-refractivity contribution in [2.24, 2.45) is 0 Å². The van der Waals surface area contributed by atoms with Crippen LogP contribution in [0.25, 0.3) is 11.4 Å². The van der Waals surface area contributed by atoms with Gasteiger partial charge < -0.3 is 23.8 Å². The van der Waals surface area contributed by atoms with E-state index in [2.05, 4.69) is 32.0 Å². The standard InChI is InChI=1S/C17H25N5O3/c1-12-10-22(4)11-14(24-12)17-19-16(20-25-17)13-5-6-18-15(9-13)23-8-7-21(2)3/h5-6,9,12,14H,7-8,10-11H2,1-4H3/t12-,14-/m1/s1. The molecule has 0 aliphatic carbocycles. The number of pyridine rings is 1. The predicted octanol–water partition coefficient (Wildman–Crippen LogP) is 1.46. The number of aromatic nitrogens is 3. The van der Waals surface area contributed by atoms with Gasteiger partial charge in [-0.3, -0.25) is 0 Å². The van der Waals surface area contributed by atoms with Crippen LogP contribution in [0.15, 0.2) is 22.9 Å². The molecule has 0 spiro atoms. The second-order valence-corrected chi connectivity index (χ2v) is 6.65. The maximum absolute atomic E-state index is 5.91. The van der Waals surface area contributed by atoms with Gasteiger partial charge in [0.2, 0.25) is 11.7 Å². The molecule has 1 saturated heterocycles. The van der Waals surface area contributed by atoms with Gasteiger partial charge in [-0.1, -0.05) is 5.16 Å². The van der Waals surface area contributed by atoms with Gasteiger partial charge in [-0.05, 0) is 34.1 Å². The fourth-order valence-electron chi connectivity index (χ4n) is 2.74. The second-order valence-electron chi connectivity index (χ2n) is 6.65. The number of nitrogens with zero attached hydrogens (tertiary/aromatic N) is 5. The van der Waals surface area contributed by atoms with Crippen LogP contribution in [0.3, 0.4) is 0 Å². The van der Waals surface area contributed by atoms with Crippen molar-refractivity contribution in [2.45, 2.75) is 19.1 Å². The molecule has 2 atom stereocenters. The molecule has 0 bridgehead atoms. The minimum atomic E-state index is -0.201. The molecule has 3 rings (SSSR count). The molecule has 2 aromatic heterocycles. The van der Waals surface area contributed by atoms with E-state index in [-0.39, 0.29) is 12.2 Å². The van der Waals surface area contributed by atoms with Crippen molar-refractivity contribution >= 4 is 0 Å². The molecule has 25 heavy (non-hydrogen) atoms. The molecule has 0 aromatic carbocycles. The van der Waals surface area contributed by atoms with Crippen LogP contribution in [0.5, 0.6) is 5.88 Å². The third-order valence-corrected chi connectivity index (χ3v) is 3.94. The average molecular weight is 347 g/mol. The van der Waals surface area contributed by atoms with E-state index in [1.165, 1.54) is 0 Å². The van der Waals surface area contributed by atoms with Crippen molar-refractivity contribution in [3.63, 3.8) is 0 Å². The lowest BCUT2D eigenvalue weighted by Crippen LogP contribution is -2.40. The van der Waals surface area contributed by atoms with Gasteiger partial charge in [0.1, 0.15) is 12.7 Å². The van der Waals surface area contributed by atoms with Gasteiger partial charge in [0, 0.05) is 37.5 Å². The highest BCUT2D eigenvalue weighted by molar-refractivity contribution is 5.55. The van der Waals surface area contributed by atoms with Crippen LogP contribution in [-0.2, 0) is 4.74 Å². The van der Waals surface area contributed by atoms with Crippen molar-refractivity contribution in [1.29, 1.82) is 0 Å². The number of hydrogen-bond donors (Lipinski definition) is 0. The predicted molar refractivity (Wildman–Crippen MR) is 92.4 cm³/mol. The highest BCUT2D eigenvalue weighted by atomic mass is 16.5. The van der Waals surface area contributed by atoms with E-state index in [0.717, 1.165) is 25.2 Å². The summed E-state index contributed by atoms with van der Waals surface area (Å²) in [6, 6.07) is 3.66. The van der Waals surface area contributed by atoms with Crippen LogP contribution in [0.4, 0.5) is 0 Å². The van der Waals surface area contributed by atoms with Crippen LogP contribution >= 0.6 is 0 Å². The highest BCUT2D eigenvalue weighted by Gasteiger charge is 2.28. The molecule has 1 fully saturated rings. The summed E-state index contributed by atoms with van der Waals surface area (Å²) in [4.78, 5) is 13.0. The number of rotatable bonds is 6. The minimum Gasteiger partial charge on any atom is -0.476 e. The minimum absolute atomic E-state index is 0.136. The number of hydrogen-bond acceptors (Lipinski definition) is 8. The van der Waals surface area contributed by atoms with Crippen molar-refractivity contribution in [2.75, 3.05) is 47.4 Å². The molecule has 1 aliphatic rings. The van der Waals surface area contributed by atoms with Crippen LogP contribution < -0.4 is 4.74 Å². The van der Waals surface area contributed by atoms with E-state index < -0.39 is 0 Å². The van der Waals surface area contributed by atoms with Crippen molar-refractivity contribution < 1.29 is 14.0 Å². The Kier molecular flexibility index (Phi) is 5.62. The van der Waals surface area contributed by atoms with Gasteiger partial charge in [-0.15, -0.1) is 0 Å². The maximum Gasteiger partial charge on any atom is 0.257 e. The first-order chi connectivity index (χ1) is 12.0. The number of morpholine rings is 1. The lowest BCUT2D eigenvalue weighted by Gasteiger charge is -2.32. The van der Waals surface area contributed by atoms with Crippen LogP contribution in [-0.4, -0.2) is 78.4 Å². The lowest BCUT2D eigenvalue weighted by molar-refractivity contribution is -0.0838. The zero-order valence-corrected chi connectivity index (χ0v) is 15.2. The van der Waals surface area contributed by atoms with Gasteiger partial charge in [-0.2, -0.15) is 4.98 Å². The Morgan fingerprint density at radius 2 is 2.20 bits per heavy atom. The Bertz CT molecular complexity index is 680. The number of ether oxygens (including phenoxy) is 2. The molecule has 0 radical (unpaired) electrons. The smallest absolute Gasteiger partial charge is 0.257 e. The molecular weight excluding hydrogens is 322 g/mol. The molecule has 136 valence electrons. The largest absolute Gasteiger partial charge is 0.476 e. The summed E-state index contributed by atoms with van der Waals surface area (Å²) in [5.41, 5.74) is 0.807. The Morgan fingerprint density at radius 1 is 1.36 bits per heavy atom. The van der Waals surface area contributed by atoms with Gasteiger partial charge in [0.15, 0.2) is 0 Å². The van der Waals surface area contributed by atoms with Crippen molar-refractivity contribution in [1.82, 2.24) is 24.9 Å². The van der Waals surface area contributed by atoms with Crippen molar-refractivity contribution in [3.05, 3.63) is 24.2 Å². The van der Waals surface area contributed by atoms with Gasteiger partial charge >= 0.3 is 0 Å². The quantitative estimate of drug-likeness (QED) is 0.777. The summed E-state index contributed by atoms with van der Waals surface area (Å²) in [7, 11) is 6.06. The summed E-state index contributed by atoms with van der Waals surface area (Å²) >= 11 is 0. The van der Waals surface area contributed by atoms with E-state index >= 15 is 0 Å². The summed E-state index contributed by atoms with van der Waals surface area (Å²) in [5, 5.41) is 4.09. The molecular formula is C17H25N5O3. The summed E-state index contributed by atoms with van der Waals surface area (Å²) < 4.78 is 17.0. The zero-order chi connectivity index (χ0) is 17.8. The van der Waals surface area contributed by atoms with E-state index in [1.54, 1.807) is 6.20 Å². The highest BCUT2D eigenvalue weighted by Crippen LogP contribution is 2.26. The Balaban J connectivity index is 1.69. The van der Waals surface area contributed by atoms with Crippen LogP contribution in [0.2, 0.25) is 0 Å². The Hall–Kier alpha value is -2.03. The Morgan fingerprint density at radius 3 is 2.96 bits per heavy atom. The molecule has 0 unspecified atom stereocenters. The fraction of sp³-hybridized carbons (Fsp3) is 0.588. The molecule has 8 heteroatoms. The third-order valence-electron chi connectivity index (χ3n) is 3.94. The summed E-state index contributed by atoms with van der Waals surface area (Å²) in [5.74, 6) is 1.56. The van der Waals surface area contributed by atoms with E-state index in [1.807, 2.05) is 33.2 Å². The summed E-state index contributed by atoms with van der Waals surface area (Å²) in [6.45, 7) is 5.07. The molecule has 0 saturated carbocycles. The molecule has 2 aromatic rings. The molecule has 8 nitrogen and oxygen atoms in total. The van der Waals surface area contributed by atoms with E-state index in [0.29, 0.717) is 24.2 Å². The van der Waals surface area contributed by atoms with Crippen LogP contribution in [0.1, 0.15) is 18.9 Å². The van der Waals surface area contributed by atoms with Gasteiger partial charge in [-0.25, -0.2) is 4.98 Å². The normalized spacial score (nSPS) is 21.6. The maximum atomic E-state index is 5.91. The van der Waals surface area contributed by atoms with E-state index in [9.17, 15) is 0 Å². The first-order valence-electron chi connectivity index (χ1n) is 8.43.